The maximum absolute atomic E-state index is 11.1. The predicted octanol–water partition coefficient (Wildman–Crippen LogP) is 8.03. The first kappa shape index (κ1) is 25.7. The number of thiazole rings is 2. The average Bonchev–Trinajstić information content (AvgIpc) is 3.67. The number of aromatic hydroxyl groups is 1. The summed E-state index contributed by atoms with van der Waals surface area (Å²) in [4.78, 5) is 9.68. The van der Waals surface area contributed by atoms with Gasteiger partial charge >= 0.3 is 0 Å². The van der Waals surface area contributed by atoms with Crippen LogP contribution in [0.3, 0.4) is 0 Å². The number of rotatable bonds is 9. The second kappa shape index (κ2) is 11.3. The molecule has 6 aromatic rings. The van der Waals surface area contributed by atoms with Crippen LogP contribution in [-0.4, -0.2) is 29.3 Å². The second-order valence-corrected chi connectivity index (χ2v) is 10.7. The summed E-state index contributed by atoms with van der Waals surface area (Å²) in [6.45, 7) is 0. The van der Waals surface area contributed by atoms with Crippen LogP contribution in [0.15, 0.2) is 95.7 Å². The van der Waals surface area contributed by atoms with E-state index in [2.05, 4.69) is 10.6 Å². The standard InChI is InChI=1S/C31H26N4O3S2/c1-37-22-12-7-20(8-13-22)25-17-39-30(32-25)34-29(28-24-6-4-3-5-19(24)11-16-27(28)36)35-31-33-26(18-40-31)21-9-14-23(38-2)15-10-21/h3-18,29,36H,1-2H3,(H,32,34)(H,33,35). The highest BCUT2D eigenvalue weighted by Gasteiger charge is 2.22. The molecule has 200 valence electrons. The Balaban J connectivity index is 1.34. The highest BCUT2D eigenvalue weighted by atomic mass is 32.1. The van der Waals surface area contributed by atoms with Crippen molar-refractivity contribution in [3.63, 3.8) is 0 Å². The molecule has 4 aromatic carbocycles. The van der Waals surface area contributed by atoms with Crippen molar-refractivity contribution in [2.75, 3.05) is 24.9 Å². The molecule has 0 fully saturated rings. The van der Waals surface area contributed by atoms with Crippen LogP contribution in [0.5, 0.6) is 17.2 Å². The molecule has 0 aliphatic carbocycles. The molecule has 6 rings (SSSR count). The lowest BCUT2D eigenvalue weighted by Gasteiger charge is -2.22. The quantitative estimate of drug-likeness (QED) is 0.153. The van der Waals surface area contributed by atoms with E-state index in [1.165, 1.54) is 22.7 Å². The molecule has 2 aromatic heterocycles. The summed E-state index contributed by atoms with van der Waals surface area (Å²) in [6.07, 6.45) is -0.504. The van der Waals surface area contributed by atoms with Crippen molar-refractivity contribution in [1.29, 1.82) is 0 Å². The molecular weight excluding hydrogens is 541 g/mol. The fraction of sp³-hybridized carbons (Fsp3) is 0.0968. The van der Waals surface area contributed by atoms with Crippen molar-refractivity contribution in [1.82, 2.24) is 9.97 Å². The van der Waals surface area contributed by atoms with Crippen molar-refractivity contribution in [3.8, 4) is 39.8 Å². The summed E-state index contributed by atoms with van der Waals surface area (Å²) < 4.78 is 10.6. The Morgan fingerprint density at radius 1 is 0.675 bits per heavy atom. The van der Waals surface area contributed by atoms with Crippen LogP contribution in [0.1, 0.15) is 11.7 Å². The number of phenolic OH excluding ortho intramolecular Hbond substituents is 1. The smallest absolute Gasteiger partial charge is 0.185 e. The Kier molecular flexibility index (Phi) is 7.22. The highest BCUT2D eigenvalue weighted by molar-refractivity contribution is 7.14. The van der Waals surface area contributed by atoms with Gasteiger partial charge in [0.2, 0.25) is 0 Å². The van der Waals surface area contributed by atoms with Crippen molar-refractivity contribution >= 4 is 43.7 Å². The van der Waals surface area contributed by atoms with Crippen molar-refractivity contribution in [2.24, 2.45) is 0 Å². The van der Waals surface area contributed by atoms with Gasteiger partial charge in [-0.05, 0) is 65.4 Å². The third-order valence-electron chi connectivity index (χ3n) is 6.55. The second-order valence-electron chi connectivity index (χ2n) is 8.97. The van der Waals surface area contributed by atoms with Gasteiger partial charge < -0.3 is 25.2 Å². The molecule has 0 aliphatic heterocycles. The summed E-state index contributed by atoms with van der Waals surface area (Å²) in [6, 6.07) is 27.3. The van der Waals surface area contributed by atoms with Gasteiger partial charge in [0.05, 0.1) is 25.6 Å². The number of fused-ring (bicyclic) bond motifs is 1. The van der Waals surface area contributed by atoms with Gasteiger partial charge in [-0.15, -0.1) is 22.7 Å². The van der Waals surface area contributed by atoms with E-state index >= 15 is 0 Å². The number of nitrogens with one attached hydrogen (secondary N) is 2. The fourth-order valence-corrected chi connectivity index (χ4v) is 5.98. The molecule has 0 bridgehead atoms. The third kappa shape index (κ3) is 5.29. The Morgan fingerprint density at radius 3 is 1.73 bits per heavy atom. The lowest BCUT2D eigenvalue weighted by molar-refractivity contribution is 0.415. The summed E-state index contributed by atoms with van der Waals surface area (Å²) >= 11 is 3.00. The number of methoxy groups -OCH3 is 2. The molecule has 0 radical (unpaired) electrons. The lowest BCUT2D eigenvalue weighted by atomic mass is 10.0. The van der Waals surface area contributed by atoms with Crippen LogP contribution >= 0.6 is 22.7 Å². The van der Waals surface area contributed by atoms with Crippen LogP contribution < -0.4 is 20.1 Å². The topological polar surface area (TPSA) is 88.5 Å². The molecule has 2 heterocycles. The molecule has 0 atom stereocenters. The van der Waals surface area contributed by atoms with Gasteiger partial charge in [-0.1, -0.05) is 30.3 Å². The van der Waals surface area contributed by atoms with E-state index in [0.717, 1.165) is 50.3 Å². The fourth-order valence-electron chi connectivity index (χ4n) is 4.48. The molecule has 40 heavy (non-hydrogen) atoms. The van der Waals surface area contributed by atoms with E-state index in [1.54, 1.807) is 20.3 Å². The zero-order chi connectivity index (χ0) is 27.5. The van der Waals surface area contributed by atoms with Crippen LogP contribution in [0.25, 0.3) is 33.3 Å². The molecule has 0 saturated heterocycles. The Labute approximate surface area is 239 Å². The van der Waals surface area contributed by atoms with Crippen molar-refractivity contribution in [2.45, 2.75) is 6.17 Å². The van der Waals surface area contributed by atoms with Gasteiger partial charge in [0, 0.05) is 27.5 Å². The molecule has 7 nitrogen and oxygen atoms in total. The predicted molar refractivity (Wildman–Crippen MR) is 164 cm³/mol. The number of aromatic nitrogens is 2. The number of benzene rings is 4. The maximum Gasteiger partial charge on any atom is 0.185 e. The van der Waals surface area contributed by atoms with E-state index in [0.29, 0.717) is 10.3 Å². The lowest BCUT2D eigenvalue weighted by Crippen LogP contribution is -2.20. The zero-order valence-corrected chi connectivity index (χ0v) is 23.4. The first-order chi connectivity index (χ1) is 19.6. The SMILES string of the molecule is COc1ccc(-c2csc(NC(Nc3nc(-c4ccc(OC)cc4)cs3)c3c(O)ccc4ccccc34)n2)cc1. The minimum atomic E-state index is -0.504. The molecule has 0 aliphatic rings. The summed E-state index contributed by atoms with van der Waals surface area (Å²) in [7, 11) is 3.30. The number of hydrogen-bond donors (Lipinski definition) is 3. The minimum Gasteiger partial charge on any atom is -0.507 e. The number of ether oxygens (including phenoxy) is 2. The van der Waals surface area contributed by atoms with Gasteiger partial charge in [-0.2, -0.15) is 0 Å². The number of nitrogens with zero attached hydrogens (tertiary/aromatic N) is 2. The van der Waals surface area contributed by atoms with E-state index in [9.17, 15) is 5.11 Å². The maximum atomic E-state index is 11.1. The zero-order valence-electron chi connectivity index (χ0n) is 21.8. The van der Waals surface area contributed by atoms with Gasteiger partial charge in [-0.3, -0.25) is 0 Å². The van der Waals surface area contributed by atoms with E-state index < -0.39 is 6.17 Å². The molecule has 9 heteroatoms. The first-order valence-corrected chi connectivity index (χ1v) is 14.3. The normalized spacial score (nSPS) is 11.1. The number of phenols is 1. The van der Waals surface area contributed by atoms with Crippen LogP contribution in [0.2, 0.25) is 0 Å². The third-order valence-corrected chi connectivity index (χ3v) is 8.10. The largest absolute Gasteiger partial charge is 0.507 e. The first-order valence-electron chi connectivity index (χ1n) is 12.5. The van der Waals surface area contributed by atoms with Crippen LogP contribution in [0, 0.1) is 0 Å². The molecule has 0 unspecified atom stereocenters. The van der Waals surface area contributed by atoms with Gasteiger partial charge in [0.1, 0.15) is 23.4 Å². The van der Waals surface area contributed by atoms with Gasteiger partial charge in [0.25, 0.3) is 0 Å². The molecule has 3 N–H and O–H groups in total. The molecule has 0 amide bonds. The van der Waals surface area contributed by atoms with Crippen molar-refractivity contribution in [3.05, 3.63) is 101 Å². The van der Waals surface area contributed by atoms with Crippen molar-refractivity contribution < 1.29 is 14.6 Å². The van der Waals surface area contributed by atoms with Gasteiger partial charge in [0.15, 0.2) is 10.3 Å². The number of hydrogen-bond acceptors (Lipinski definition) is 9. The van der Waals surface area contributed by atoms with E-state index in [-0.39, 0.29) is 5.75 Å². The Morgan fingerprint density at radius 2 is 1.20 bits per heavy atom. The summed E-state index contributed by atoms with van der Waals surface area (Å²) in [5.41, 5.74) is 4.41. The summed E-state index contributed by atoms with van der Waals surface area (Å²) in [5.74, 6) is 1.78. The number of anilines is 2. The molecule has 0 saturated carbocycles. The summed E-state index contributed by atoms with van der Waals surface area (Å²) in [5, 5.41) is 25.5. The molecular formula is C31H26N4O3S2. The van der Waals surface area contributed by atoms with E-state index in [1.807, 2.05) is 89.6 Å². The average molecular weight is 567 g/mol. The molecule has 0 spiro atoms. The Bertz CT molecular complexity index is 1660. The van der Waals surface area contributed by atoms with E-state index in [4.69, 9.17) is 19.4 Å². The monoisotopic (exact) mass is 566 g/mol. The highest BCUT2D eigenvalue weighted by Crippen LogP contribution is 2.37. The van der Waals surface area contributed by atoms with Gasteiger partial charge in [-0.25, -0.2) is 9.97 Å². The van der Waals surface area contributed by atoms with Crippen LogP contribution in [0.4, 0.5) is 10.3 Å². The Hall–Kier alpha value is -4.60. The van der Waals surface area contributed by atoms with Crippen LogP contribution in [-0.2, 0) is 0 Å². The minimum absolute atomic E-state index is 0.183.